The molecule has 0 aromatic heterocycles. The Bertz CT molecular complexity index is 962. The van der Waals surface area contributed by atoms with Crippen LogP contribution in [0.15, 0.2) is 39.7 Å². The molecule has 1 aliphatic rings. The molecule has 0 aliphatic carbocycles. The van der Waals surface area contributed by atoms with Crippen molar-refractivity contribution in [1.29, 1.82) is 0 Å². The second-order valence-electron chi connectivity index (χ2n) is 5.49. The van der Waals surface area contributed by atoms with Gasteiger partial charge in [-0.15, -0.1) is 0 Å². The number of halogens is 1. The van der Waals surface area contributed by atoms with Crippen LogP contribution < -0.4 is 15.2 Å². The SMILES string of the molecule is NS(=O)(=O)c1ccc([N+](=O)[O-])cc1NCc1cc(Br)cc2c1OCC2. The molecule has 3 rings (SSSR count). The highest BCUT2D eigenvalue weighted by molar-refractivity contribution is 9.10. The number of primary sulfonamides is 1. The van der Waals surface area contributed by atoms with Gasteiger partial charge >= 0.3 is 0 Å². The molecule has 25 heavy (non-hydrogen) atoms. The Morgan fingerprint density at radius 1 is 1.32 bits per heavy atom. The lowest BCUT2D eigenvalue weighted by atomic mass is 10.1. The molecule has 3 N–H and O–H groups in total. The molecular weight excluding hydrogens is 414 g/mol. The summed E-state index contributed by atoms with van der Waals surface area (Å²) in [6, 6.07) is 7.20. The number of benzene rings is 2. The van der Waals surface area contributed by atoms with Gasteiger partial charge in [-0.05, 0) is 23.8 Å². The zero-order valence-corrected chi connectivity index (χ0v) is 15.3. The molecular formula is C15H14BrN3O5S. The van der Waals surface area contributed by atoms with Crippen LogP contribution in [0.25, 0.3) is 0 Å². The molecule has 0 bridgehead atoms. The van der Waals surface area contributed by atoms with Crippen molar-refractivity contribution in [2.75, 3.05) is 11.9 Å². The minimum absolute atomic E-state index is 0.0726. The standard InChI is InChI=1S/C15H14BrN3O5S/c16-11-5-9-3-4-24-15(9)10(6-11)8-18-13-7-12(19(20)21)1-2-14(13)25(17,22)23/h1-2,5-7,18H,3-4,8H2,(H2,17,22,23). The molecule has 0 radical (unpaired) electrons. The van der Waals surface area contributed by atoms with E-state index in [2.05, 4.69) is 21.2 Å². The summed E-state index contributed by atoms with van der Waals surface area (Å²) in [6.45, 7) is 0.809. The maximum absolute atomic E-state index is 11.7. The van der Waals surface area contributed by atoms with Gasteiger partial charge in [-0.1, -0.05) is 15.9 Å². The van der Waals surface area contributed by atoms with E-state index in [9.17, 15) is 18.5 Å². The highest BCUT2D eigenvalue weighted by atomic mass is 79.9. The molecule has 10 heteroatoms. The Balaban J connectivity index is 1.96. The van der Waals surface area contributed by atoms with Crippen molar-refractivity contribution in [3.8, 4) is 5.75 Å². The minimum atomic E-state index is -4.03. The van der Waals surface area contributed by atoms with Gasteiger partial charge in [-0.25, -0.2) is 13.6 Å². The van der Waals surface area contributed by atoms with Gasteiger partial charge in [-0.2, -0.15) is 0 Å². The molecule has 0 saturated carbocycles. The van der Waals surface area contributed by atoms with Gasteiger partial charge in [-0.3, -0.25) is 10.1 Å². The average Bonchev–Trinajstić information content (AvgIpc) is 2.99. The summed E-state index contributed by atoms with van der Waals surface area (Å²) in [7, 11) is -4.03. The number of nitro groups is 1. The number of hydrogen-bond acceptors (Lipinski definition) is 6. The Kier molecular flexibility index (Phi) is 4.67. The van der Waals surface area contributed by atoms with E-state index in [0.29, 0.717) is 6.61 Å². The summed E-state index contributed by atoms with van der Waals surface area (Å²) in [5.74, 6) is 0.748. The first-order valence-corrected chi connectivity index (χ1v) is 9.59. The van der Waals surface area contributed by atoms with Crippen LogP contribution in [-0.4, -0.2) is 19.9 Å². The number of non-ortho nitro benzene ring substituents is 1. The third-order valence-corrected chi connectivity index (χ3v) is 5.20. The molecule has 132 valence electrons. The number of sulfonamides is 1. The molecule has 1 aliphatic heterocycles. The number of hydrogen-bond donors (Lipinski definition) is 2. The zero-order valence-electron chi connectivity index (χ0n) is 12.9. The van der Waals surface area contributed by atoms with Gasteiger partial charge in [0.15, 0.2) is 0 Å². The molecule has 0 saturated heterocycles. The quantitative estimate of drug-likeness (QED) is 0.557. The fourth-order valence-corrected chi connectivity index (χ4v) is 3.93. The van der Waals surface area contributed by atoms with Crippen LogP contribution in [0.3, 0.4) is 0 Å². The average molecular weight is 428 g/mol. The summed E-state index contributed by atoms with van der Waals surface area (Å²) in [6.07, 6.45) is 0.793. The number of nitro benzene ring substituents is 1. The van der Waals surface area contributed by atoms with Gasteiger partial charge in [0.1, 0.15) is 10.6 Å². The topological polar surface area (TPSA) is 125 Å². The lowest BCUT2D eigenvalue weighted by Gasteiger charge is -2.13. The lowest BCUT2D eigenvalue weighted by Crippen LogP contribution is -2.15. The van der Waals surface area contributed by atoms with Crippen LogP contribution in [0.5, 0.6) is 5.75 Å². The van der Waals surface area contributed by atoms with Crippen molar-refractivity contribution in [3.05, 3.63) is 56.0 Å². The van der Waals surface area contributed by atoms with E-state index in [1.54, 1.807) is 0 Å². The van der Waals surface area contributed by atoms with Crippen LogP contribution in [-0.2, 0) is 23.0 Å². The van der Waals surface area contributed by atoms with E-state index < -0.39 is 14.9 Å². The molecule has 0 fully saturated rings. The molecule has 1 heterocycles. The maximum Gasteiger partial charge on any atom is 0.271 e. The van der Waals surface area contributed by atoms with Crippen LogP contribution in [0, 0.1) is 10.1 Å². The van der Waals surface area contributed by atoms with Crippen molar-refractivity contribution in [1.82, 2.24) is 0 Å². The van der Waals surface area contributed by atoms with Crippen LogP contribution in [0.4, 0.5) is 11.4 Å². The lowest BCUT2D eigenvalue weighted by molar-refractivity contribution is -0.384. The van der Waals surface area contributed by atoms with Gasteiger partial charge < -0.3 is 10.1 Å². The number of nitrogens with zero attached hydrogens (tertiary/aromatic N) is 1. The van der Waals surface area contributed by atoms with Crippen molar-refractivity contribution < 1.29 is 18.1 Å². The largest absolute Gasteiger partial charge is 0.493 e. The van der Waals surface area contributed by atoms with Crippen molar-refractivity contribution in [3.63, 3.8) is 0 Å². The molecule has 2 aromatic rings. The summed E-state index contributed by atoms with van der Waals surface area (Å²) < 4.78 is 29.9. The molecule has 0 spiro atoms. The summed E-state index contributed by atoms with van der Waals surface area (Å²) in [4.78, 5) is 10.2. The highest BCUT2D eigenvalue weighted by Crippen LogP contribution is 2.34. The van der Waals surface area contributed by atoms with Crippen molar-refractivity contribution in [2.45, 2.75) is 17.9 Å². The fourth-order valence-electron chi connectivity index (χ4n) is 2.69. The number of fused-ring (bicyclic) bond motifs is 1. The predicted molar refractivity (Wildman–Crippen MR) is 95.1 cm³/mol. The normalized spacial score (nSPS) is 13.2. The molecule has 0 amide bonds. The first kappa shape index (κ1) is 17.6. The second kappa shape index (κ2) is 6.62. The highest BCUT2D eigenvalue weighted by Gasteiger charge is 2.20. The minimum Gasteiger partial charge on any atom is -0.493 e. The summed E-state index contributed by atoms with van der Waals surface area (Å²) in [5, 5.41) is 19.1. The van der Waals surface area contributed by atoms with Gasteiger partial charge in [0, 0.05) is 35.1 Å². The molecule has 0 atom stereocenters. The third-order valence-electron chi connectivity index (χ3n) is 3.78. The predicted octanol–water partition coefficient (Wildman–Crippen LogP) is 2.55. The number of anilines is 1. The smallest absolute Gasteiger partial charge is 0.271 e. The summed E-state index contributed by atoms with van der Waals surface area (Å²) in [5.41, 5.74) is 1.71. The van der Waals surface area contributed by atoms with Crippen LogP contribution in [0.1, 0.15) is 11.1 Å². The Morgan fingerprint density at radius 2 is 2.08 bits per heavy atom. The molecule has 2 aromatic carbocycles. The first-order valence-electron chi connectivity index (χ1n) is 7.25. The van der Waals surface area contributed by atoms with Gasteiger partial charge in [0.05, 0.1) is 17.2 Å². The van der Waals surface area contributed by atoms with E-state index >= 15 is 0 Å². The van der Waals surface area contributed by atoms with E-state index in [1.807, 2.05) is 12.1 Å². The number of nitrogens with two attached hydrogens (primary N) is 1. The zero-order chi connectivity index (χ0) is 18.2. The number of ether oxygens (including phenoxy) is 1. The van der Waals surface area contributed by atoms with E-state index in [0.717, 1.165) is 46.0 Å². The van der Waals surface area contributed by atoms with Crippen LogP contribution in [0.2, 0.25) is 0 Å². The van der Waals surface area contributed by atoms with E-state index in [4.69, 9.17) is 9.88 Å². The maximum atomic E-state index is 11.7. The third kappa shape index (κ3) is 3.75. The number of rotatable bonds is 5. The molecule has 8 nitrogen and oxygen atoms in total. The first-order chi connectivity index (χ1) is 11.8. The summed E-state index contributed by atoms with van der Waals surface area (Å²) >= 11 is 3.43. The number of nitrogens with one attached hydrogen (secondary N) is 1. The fraction of sp³-hybridized carbons (Fsp3) is 0.200. The Labute approximate surface area is 152 Å². The van der Waals surface area contributed by atoms with Crippen molar-refractivity contribution >= 4 is 37.3 Å². The Hall–Kier alpha value is -2.17. The van der Waals surface area contributed by atoms with Crippen LogP contribution >= 0.6 is 15.9 Å². The Morgan fingerprint density at radius 3 is 2.76 bits per heavy atom. The monoisotopic (exact) mass is 427 g/mol. The van der Waals surface area contributed by atoms with Gasteiger partial charge in [0.2, 0.25) is 10.0 Å². The second-order valence-corrected chi connectivity index (χ2v) is 7.93. The van der Waals surface area contributed by atoms with E-state index in [1.165, 1.54) is 0 Å². The van der Waals surface area contributed by atoms with Gasteiger partial charge in [0.25, 0.3) is 5.69 Å². The molecule has 0 unspecified atom stereocenters. The van der Waals surface area contributed by atoms with Crippen molar-refractivity contribution in [2.24, 2.45) is 5.14 Å². The van der Waals surface area contributed by atoms with E-state index in [-0.39, 0.29) is 22.8 Å².